The summed E-state index contributed by atoms with van der Waals surface area (Å²) in [7, 11) is 0. The monoisotopic (exact) mass is 401 g/mol. The molecule has 150 valence electrons. The third-order valence-electron chi connectivity index (χ3n) is 5.21. The number of aryl methyl sites for hydroxylation is 2. The Labute approximate surface area is 172 Å². The SMILES string of the molecule is Cc1cc(F)c(C(=O)Nc2c(-c3ccccc3)[nH]c3ccc(C(N)=O)cc23)cc1C. The molecule has 0 bridgehead atoms. The van der Waals surface area contributed by atoms with Crippen LogP contribution in [-0.2, 0) is 0 Å². The Morgan fingerprint density at radius 1 is 0.967 bits per heavy atom. The van der Waals surface area contributed by atoms with Gasteiger partial charge < -0.3 is 16.0 Å². The fraction of sp³-hybridized carbons (Fsp3) is 0.0833. The van der Waals surface area contributed by atoms with Crippen LogP contribution in [0.15, 0.2) is 60.7 Å². The number of anilines is 1. The van der Waals surface area contributed by atoms with Crippen molar-refractivity contribution in [3.05, 3.63) is 88.7 Å². The van der Waals surface area contributed by atoms with Crippen LogP contribution >= 0.6 is 0 Å². The third-order valence-corrected chi connectivity index (χ3v) is 5.21. The van der Waals surface area contributed by atoms with Gasteiger partial charge in [-0.25, -0.2) is 4.39 Å². The maximum atomic E-state index is 14.5. The van der Waals surface area contributed by atoms with Crippen LogP contribution in [-0.4, -0.2) is 16.8 Å². The summed E-state index contributed by atoms with van der Waals surface area (Å²) >= 11 is 0. The lowest BCUT2D eigenvalue weighted by Crippen LogP contribution is -2.15. The van der Waals surface area contributed by atoms with Crippen molar-refractivity contribution in [2.24, 2.45) is 5.73 Å². The van der Waals surface area contributed by atoms with Crippen molar-refractivity contribution in [1.82, 2.24) is 4.98 Å². The predicted octanol–water partition coefficient (Wildman–Crippen LogP) is 4.94. The molecule has 0 spiro atoms. The van der Waals surface area contributed by atoms with Crippen LogP contribution in [0.1, 0.15) is 31.8 Å². The van der Waals surface area contributed by atoms with Crippen molar-refractivity contribution < 1.29 is 14.0 Å². The average Bonchev–Trinajstić information content (AvgIpc) is 3.09. The van der Waals surface area contributed by atoms with Crippen molar-refractivity contribution in [3.8, 4) is 11.3 Å². The zero-order valence-corrected chi connectivity index (χ0v) is 16.5. The number of rotatable bonds is 4. The highest BCUT2D eigenvalue weighted by molar-refractivity contribution is 6.14. The smallest absolute Gasteiger partial charge is 0.258 e. The van der Waals surface area contributed by atoms with E-state index < -0.39 is 17.6 Å². The largest absolute Gasteiger partial charge is 0.366 e. The molecule has 0 saturated carbocycles. The quantitative estimate of drug-likeness (QED) is 0.452. The molecule has 1 heterocycles. The number of nitrogens with two attached hydrogens (primary N) is 1. The highest BCUT2D eigenvalue weighted by Gasteiger charge is 2.20. The van der Waals surface area contributed by atoms with E-state index in [-0.39, 0.29) is 5.56 Å². The van der Waals surface area contributed by atoms with Gasteiger partial charge in [-0.15, -0.1) is 0 Å². The third kappa shape index (κ3) is 3.43. The number of benzene rings is 3. The Morgan fingerprint density at radius 2 is 1.67 bits per heavy atom. The number of carbonyl (C=O) groups excluding carboxylic acids is 2. The highest BCUT2D eigenvalue weighted by Crippen LogP contribution is 2.36. The summed E-state index contributed by atoms with van der Waals surface area (Å²) in [6, 6.07) is 17.3. The molecule has 1 aromatic heterocycles. The molecule has 0 radical (unpaired) electrons. The van der Waals surface area contributed by atoms with Crippen LogP contribution in [0.25, 0.3) is 22.2 Å². The van der Waals surface area contributed by atoms with Gasteiger partial charge in [0.1, 0.15) is 5.82 Å². The van der Waals surface area contributed by atoms with Crippen molar-refractivity contribution in [3.63, 3.8) is 0 Å². The number of carbonyl (C=O) groups is 2. The van der Waals surface area contributed by atoms with E-state index in [2.05, 4.69) is 10.3 Å². The average molecular weight is 401 g/mol. The molecule has 4 aromatic rings. The van der Waals surface area contributed by atoms with Crippen LogP contribution in [0.4, 0.5) is 10.1 Å². The molecule has 5 nitrogen and oxygen atoms in total. The number of aromatic amines is 1. The molecule has 0 atom stereocenters. The summed E-state index contributed by atoms with van der Waals surface area (Å²) in [5, 5.41) is 3.45. The van der Waals surface area contributed by atoms with E-state index in [4.69, 9.17) is 5.73 Å². The summed E-state index contributed by atoms with van der Waals surface area (Å²) in [5.74, 6) is -1.73. The number of primary amides is 1. The molecule has 3 aromatic carbocycles. The standard InChI is InChI=1S/C24H20FN3O2/c1-13-10-17(19(25)11-14(13)2)24(30)28-22-18-12-16(23(26)29)8-9-20(18)27-21(22)15-6-4-3-5-7-15/h3-12,27H,1-2H3,(H2,26,29)(H,28,30). The lowest BCUT2D eigenvalue weighted by atomic mass is 10.0. The minimum atomic E-state index is -0.588. The number of amides is 2. The summed E-state index contributed by atoms with van der Waals surface area (Å²) in [5.41, 5.74) is 9.96. The van der Waals surface area contributed by atoms with Crippen molar-refractivity contribution >= 4 is 28.4 Å². The van der Waals surface area contributed by atoms with E-state index in [1.165, 1.54) is 12.1 Å². The van der Waals surface area contributed by atoms with E-state index in [0.29, 0.717) is 22.3 Å². The van der Waals surface area contributed by atoms with Gasteiger partial charge in [0, 0.05) is 22.0 Å². The normalized spacial score (nSPS) is 10.9. The Bertz CT molecular complexity index is 1290. The second-order valence-corrected chi connectivity index (χ2v) is 7.24. The molecular weight excluding hydrogens is 381 g/mol. The van der Waals surface area contributed by atoms with Gasteiger partial charge >= 0.3 is 0 Å². The van der Waals surface area contributed by atoms with Gasteiger partial charge in [0.05, 0.1) is 16.9 Å². The number of hydrogen-bond acceptors (Lipinski definition) is 2. The van der Waals surface area contributed by atoms with E-state index in [1.807, 2.05) is 37.3 Å². The van der Waals surface area contributed by atoms with Crippen molar-refractivity contribution in [1.29, 1.82) is 0 Å². The lowest BCUT2D eigenvalue weighted by Gasteiger charge is -2.10. The first-order valence-corrected chi connectivity index (χ1v) is 9.44. The van der Waals surface area contributed by atoms with Gasteiger partial charge in [-0.2, -0.15) is 0 Å². The number of H-pyrrole nitrogens is 1. The molecule has 0 fully saturated rings. The maximum absolute atomic E-state index is 14.5. The van der Waals surface area contributed by atoms with Gasteiger partial charge in [-0.1, -0.05) is 30.3 Å². The molecule has 4 rings (SSSR count). The van der Waals surface area contributed by atoms with Gasteiger partial charge in [-0.05, 0) is 55.3 Å². The molecule has 6 heteroatoms. The first-order valence-electron chi connectivity index (χ1n) is 9.44. The summed E-state index contributed by atoms with van der Waals surface area (Å²) < 4.78 is 14.5. The zero-order valence-electron chi connectivity index (χ0n) is 16.5. The van der Waals surface area contributed by atoms with Crippen LogP contribution < -0.4 is 11.1 Å². The van der Waals surface area contributed by atoms with E-state index in [9.17, 15) is 14.0 Å². The summed E-state index contributed by atoms with van der Waals surface area (Å²) in [6.07, 6.45) is 0. The van der Waals surface area contributed by atoms with Crippen LogP contribution in [0, 0.1) is 19.7 Å². The second kappa shape index (κ2) is 7.48. The molecule has 4 N–H and O–H groups in total. The zero-order chi connectivity index (χ0) is 21.4. The van der Waals surface area contributed by atoms with Crippen LogP contribution in [0.5, 0.6) is 0 Å². The topological polar surface area (TPSA) is 88.0 Å². The highest BCUT2D eigenvalue weighted by atomic mass is 19.1. The molecule has 0 aliphatic carbocycles. The molecule has 30 heavy (non-hydrogen) atoms. The molecule has 0 saturated heterocycles. The maximum Gasteiger partial charge on any atom is 0.258 e. The van der Waals surface area contributed by atoms with E-state index in [1.54, 1.807) is 25.1 Å². The number of aromatic nitrogens is 1. The van der Waals surface area contributed by atoms with Crippen molar-refractivity contribution in [2.45, 2.75) is 13.8 Å². The summed E-state index contributed by atoms with van der Waals surface area (Å²) in [6.45, 7) is 3.62. The molecule has 0 unspecified atom stereocenters. The molecule has 0 aliphatic rings. The fourth-order valence-corrected chi connectivity index (χ4v) is 3.43. The Kier molecular flexibility index (Phi) is 4.83. The van der Waals surface area contributed by atoms with Crippen LogP contribution in [0.3, 0.4) is 0 Å². The lowest BCUT2D eigenvalue weighted by molar-refractivity contribution is 0.0997. The predicted molar refractivity (Wildman–Crippen MR) is 116 cm³/mol. The van der Waals surface area contributed by atoms with E-state index in [0.717, 1.165) is 22.2 Å². The number of hydrogen-bond donors (Lipinski definition) is 3. The fourth-order valence-electron chi connectivity index (χ4n) is 3.43. The number of halogens is 1. The number of nitrogens with one attached hydrogen (secondary N) is 2. The number of fused-ring (bicyclic) bond motifs is 1. The molecule has 2 amide bonds. The Balaban J connectivity index is 1.87. The minimum absolute atomic E-state index is 0.0440. The Hall–Kier alpha value is -3.93. The first-order chi connectivity index (χ1) is 14.3. The van der Waals surface area contributed by atoms with Gasteiger partial charge in [0.25, 0.3) is 5.91 Å². The van der Waals surface area contributed by atoms with Gasteiger partial charge in [0.15, 0.2) is 0 Å². The minimum Gasteiger partial charge on any atom is -0.366 e. The van der Waals surface area contributed by atoms with E-state index >= 15 is 0 Å². The van der Waals surface area contributed by atoms with Crippen LogP contribution in [0.2, 0.25) is 0 Å². The second-order valence-electron chi connectivity index (χ2n) is 7.24. The Morgan fingerprint density at radius 3 is 2.37 bits per heavy atom. The molecule has 0 aliphatic heterocycles. The molecular formula is C24H20FN3O2. The summed E-state index contributed by atoms with van der Waals surface area (Å²) in [4.78, 5) is 27.9. The first kappa shape index (κ1) is 19.4. The van der Waals surface area contributed by atoms with Crippen molar-refractivity contribution in [2.75, 3.05) is 5.32 Å². The van der Waals surface area contributed by atoms with Gasteiger partial charge in [-0.3, -0.25) is 9.59 Å². The van der Waals surface area contributed by atoms with Gasteiger partial charge in [0.2, 0.25) is 5.91 Å².